The molecule has 1 aromatic heterocycles. The van der Waals surface area contributed by atoms with Crippen LogP contribution in [0.5, 0.6) is 0 Å². The SMILES string of the molecule is CC(C)c1nc(N)cc(N2CCCC(C)(O)C2)n1. The second kappa shape index (κ2) is 4.72. The van der Waals surface area contributed by atoms with E-state index in [1.807, 2.05) is 20.8 Å². The molecule has 5 nitrogen and oxygen atoms in total. The Morgan fingerprint density at radius 2 is 2.17 bits per heavy atom. The number of anilines is 2. The quantitative estimate of drug-likeness (QED) is 0.832. The summed E-state index contributed by atoms with van der Waals surface area (Å²) in [4.78, 5) is 10.9. The Labute approximate surface area is 108 Å². The third-order valence-corrected chi connectivity index (χ3v) is 3.27. The molecule has 18 heavy (non-hydrogen) atoms. The van der Waals surface area contributed by atoms with Crippen LogP contribution in [0.25, 0.3) is 0 Å². The third-order valence-electron chi connectivity index (χ3n) is 3.27. The van der Waals surface area contributed by atoms with Gasteiger partial charge in [0.1, 0.15) is 17.5 Å². The number of hydrogen-bond acceptors (Lipinski definition) is 5. The van der Waals surface area contributed by atoms with Crippen LogP contribution in [0.3, 0.4) is 0 Å². The lowest BCUT2D eigenvalue weighted by Crippen LogP contribution is -2.46. The Morgan fingerprint density at radius 1 is 1.44 bits per heavy atom. The van der Waals surface area contributed by atoms with E-state index in [-0.39, 0.29) is 5.92 Å². The molecular weight excluding hydrogens is 228 g/mol. The summed E-state index contributed by atoms with van der Waals surface area (Å²) in [6.07, 6.45) is 1.80. The van der Waals surface area contributed by atoms with Crippen LogP contribution >= 0.6 is 0 Å². The number of aromatic nitrogens is 2. The Bertz CT molecular complexity index is 431. The van der Waals surface area contributed by atoms with Crippen LogP contribution in [-0.4, -0.2) is 33.8 Å². The molecule has 0 radical (unpaired) electrons. The molecule has 1 fully saturated rings. The van der Waals surface area contributed by atoms with Gasteiger partial charge in [-0.15, -0.1) is 0 Å². The first kappa shape index (κ1) is 13.1. The zero-order valence-electron chi connectivity index (χ0n) is 11.3. The summed E-state index contributed by atoms with van der Waals surface area (Å²) in [5, 5.41) is 10.1. The number of piperidine rings is 1. The van der Waals surface area contributed by atoms with E-state index in [1.54, 1.807) is 6.07 Å². The van der Waals surface area contributed by atoms with Crippen molar-refractivity contribution in [3.05, 3.63) is 11.9 Å². The highest BCUT2D eigenvalue weighted by Gasteiger charge is 2.29. The molecule has 1 aliphatic rings. The lowest BCUT2D eigenvalue weighted by molar-refractivity contribution is 0.0447. The number of nitrogens with two attached hydrogens (primary N) is 1. The summed E-state index contributed by atoms with van der Waals surface area (Å²) in [7, 11) is 0. The van der Waals surface area contributed by atoms with E-state index in [2.05, 4.69) is 14.9 Å². The average molecular weight is 250 g/mol. The molecule has 0 aromatic carbocycles. The van der Waals surface area contributed by atoms with Crippen LogP contribution in [0.15, 0.2) is 6.07 Å². The highest BCUT2D eigenvalue weighted by molar-refractivity contribution is 5.48. The van der Waals surface area contributed by atoms with Gasteiger partial charge in [0.05, 0.1) is 5.60 Å². The standard InChI is InChI=1S/C13H22N4O/c1-9(2)12-15-10(14)7-11(16-12)17-6-4-5-13(3,18)8-17/h7,9,18H,4-6,8H2,1-3H3,(H2,14,15,16). The van der Waals surface area contributed by atoms with Crippen molar-refractivity contribution in [2.75, 3.05) is 23.7 Å². The number of aliphatic hydroxyl groups is 1. The predicted molar refractivity (Wildman–Crippen MR) is 72.6 cm³/mol. The Kier molecular flexibility index (Phi) is 3.43. The van der Waals surface area contributed by atoms with E-state index in [4.69, 9.17) is 5.73 Å². The van der Waals surface area contributed by atoms with Crippen molar-refractivity contribution < 1.29 is 5.11 Å². The minimum absolute atomic E-state index is 0.248. The molecular formula is C13H22N4O. The fourth-order valence-corrected chi connectivity index (χ4v) is 2.31. The van der Waals surface area contributed by atoms with Crippen LogP contribution in [0.2, 0.25) is 0 Å². The number of nitrogen functional groups attached to an aromatic ring is 1. The second-order valence-corrected chi connectivity index (χ2v) is 5.69. The third kappa shape index (κ3) is 2.90. The van der Waals surface area contributed by atoms with Crippen LogP contribution in [-0.2, 0) is 0 Å². The summed E-state index contributed by atoms with van der Waals surface area (Å²) in [5.74, 6) is 2.33. The molecule has 1 aromatic rings. The van der Waals surface area contributed by atoms with Gasteiger partial charge in [-0.1, -0.05) is 13.8 Å². The molecule has 1 saturated heterocycles. The van der Waals surface area contributed by atoms with Gasteiger partial charge in [0.25, 0.3) is 0 Å². The highest BCUT2D eigenvalue weighted by Crippen LogP contribution is 2.26. The van der Waals surface area contributed by atoms with Crippen LogP contribution in [0.4, 0.5) is 11.6 Å². The lowest BCUT2D eigenvalue weighted by Gasteiger charge is -2.37. The van der Waals surface area contributed by atoms with Gasteiger partial charge in [-0.3, -0.25) is 0 Å². The number of hydrogen-bond donors (Lipinski definition) is 2. The van der Waals surface area contributed by atoms with Gasteiger partial charge in [-0.25, -0.2) is 9.97 Å². The van der Waals surface area contributed by atoms with Crippen molar-refractivity contribution in [1.82, 2.24) is 9.97 Å². The minimum atomic E-state index is -0.643. The molecule has 0 spiro atoms. The fraction of sp³-hybridized carbons (Fsp3) is 0.692. The van der Waals surface area contributed by atoms with Gasteiger partial charge in [0.2, 0.25) is 0 Å². The molecule has 2 rings (SSSR count). The van der Waals surface area contributed by atoms with Gasteiger partial charge in [-0.2, -0.15) is 0 Å². The summed E-state index contributed by atoms with van der Waals surface area (Å²) < 4.78 is 0. The van der Waals surface area contributed by atoms with Gasteiger partial charge in [-0.05, 0) is 19.8 Å². The molecule has 3 N–H and O–H groups in total. The maximum absolute atomic E-state index is 10.1. The second-order valence-electron chi connectivity index (χ2n) is 5.69. The number of nitrogens with zero attached hydrogens (tertiary/aromatic N) is 3. The normalized spacial score (nSPS) is 24.6. The Morgan fingerprint density at radius 3 is 2.78 bits per heavy atom. The molecule has 1 atom stereocenters. The molecule has 0 saturated carbocycles. The molecule has 100 valence electrons. The van der Waals surface area contributed by atoms with Crippen molar-refractivity contribution >= 4 is 11.6 Å². The first-order valence-corrected chi connectivity index (χ1v) is 6.49. The monoisotopic (exact) mass is 250 g/mol. The van der Waals surface area contributed by atoms with Gasteiger partial charge < -0.3 is 15.7 Å². The van der Waals surface area contributed by atoms with Crippen LogP contribution < -0.4 is 10.6 Å². The number of rotatable bonds is 2. The Balaban J connectivity index is 2.27. The van der Waals surface area contributed by atoms with E-state index in [0.717, 1.165) is 31.0 Å². The highest BCUT2D eigenvalue weighted by atomic mass is 16.3. The van der Waals surface area contributed by atoms with E-state index in [1.165, 1.54) is 0 Å². The average Bonchev–Trinajstić information content (AvgIpc) is 2.26. The van der Waals surface area contributed by atoms with E-state index >= 15 is 0 Å². The predicted octanol–water partition coefficient (Wildman–Crippen LogP) is 1.53. The van der Waals surface area contributed by atoms with Gasteiger partial charge >= 0.3 is 0 Å². The van der Waals surface area contributed by atoms with E-state index < -0.39 is 5.60 Å². The fourth-order valence-electron chi connectivity index (χ4n) is 2.31. The van der Waals surface area contributed by atoms with E-state index in [9.17, 15) is 5.11 Å². The largest absolute Gasteiger partial charge is 0.388 e. The maximum atomic E-state index is 10.1. The molecule has 0 amide bonds. The molecule has 2 heterocycles. The summed E-state index contributed by atoms with van der Waals surface area (Å²) >= 11 is 0. The smallest absolute Gasteiger partial charge is 0.135 e. The lowest BCUT2D eigenvalue weighted by atomic mass is 9.95. The summed E-state index contributed by atoms with van der Waals surface area (Å²) in [5.41, 5.74) is 5.19. The maximum Gasteiger partial charge on any atom is 0.135 e. The zero-order valence-corrected chi connectivity index (χ0v) is 11.3. The first-order valence-electron chi connectivity index (χ1n) is 6.49. The van der Waals surface area contributed by atoms with Gasteiger partial charge in [0, 0.05) is 25.1 Å². The molecule has 5 heteroatoms. The molecule has 1 unspecified atom stereocenters. The van der Waals surface area contributed by atoms with Crippen molar-refractivity contribution in [2.24, 2.45) is 0 Å². The number of β-amino-alcohol motifs (C(OH)–C–C–N with tert-alkyl or cyclic N) is 1. The van der Waals surface area contributed by atoms with Gasteiger partial charge in [0.15, 0.2) is 0 Å². The summed E-state index contributed by atoms with van der Waals surface area (Å²) in [6.45, 7) is 7.47. The minimum Gasteiger partial charge on any atom is -0.388 e. The van der Waals surface area contributed by atoms with E-state index in [0.29, 0.717) is 12.4 Å². The molecule has 1 aliphatic heterocycles. The van der Waals surface area contributed by atoms with Crippen LogP contribution in [0, 0.1) is 0 Å². The van der Waals surface area contributed by atoms with Crippen molar-refractivity contribution in [3.63, 3.8) is 0 Å². The van der Waals surface area contributed by atoms with Crippen molar-refractivity contribution in [3.8, 4) is 0 Å². The van der Waals surface area contributed by atoms with Crippen molar-refractivity contribution in [1.29, 1.82) is 0 Å². The summed E-state index contributed by atoms with van der Waals surface area (Å²) in [6, 6.07) is 1.78. The molecule has 0 aliphatic carbocycles. The zero-order chi connectivity index (χ0) is 13.3. The van der Waals surface area contributed by atoms with Crippen LogP contribution in [0.1, 0.15) is 45.4 Å². The topological polar surface area (TPSA) is 75.3 Å². The molecule has 0 bridgehead atoms. The Hall–Kier alpha value is -1.36. The first-order chi connectivity index (χ1) is 8.37. The van der Waals surface area contributed by atoms with Crippen molar-refractivity contribution in [2.45, 2.75) is 45.1 Å².